The van der Waals surface area contributed by atoms with Crippen LogP contribution in [0.15, 0.2) is 36.0 Å². The topological polar surface area (TPSA) is 123 Å². The molecule has 1 atom stereocenters. The molecule has 0 spiro atoms. The van der Waals surface area contributed by atoms with Gasteiger partial charge in [0.15, 0.2) is 5.65 Å². The van der Waals surface area contributed by atoms with Crippen LogP contribution in [0, 0.1) is 0 Å². The fraction of sp³-hybridized carbons (Fsp3) is 0.318. The maximum atomic E-state index is 12.0. The van der Waals surface area contributed by atoms with Crippen LogP contribution in [0.5, 0.6) is 5.75 Å². The molecular weight excluding hydrogens is 410 g/mol. The largest absolute Gasteiger partial charge is 0.493 e. The second kappa shape index (κ2) is 7.33. The number of carbonyl (C=O) groups excluding carboxylic acids is 2. The minimum absolute atomic E-state index is 0.0131. The number of anilines is 2. The summed E-state index contributed by atoms with van der Waals surface area (Å²) in [6, 6.07) is 8.33. The van der Waals surface area contributed by atoms with E-state index in [-0.39, 0.29) is 24.3 Å². The molecule has 1 saturated carbocycles. The molecule has 1 saturated heterocycles. The Morgan fingerprint density at radius 2 is 2.00 bits per heavy atom. The second-order valence-corrected chi connectivity index (χ2v) is 8.22. The highest BCUT2D eigenvalue weighted by atomic mass is 16.5. The zero-order valence-electron chi connectivity index (χ0n) is 17.2. The van der Waals surface area contributed by atoms with E-state index in [0.717, 1.165) is 30.6 Å². The molecule has 3 N–H and O–H groups in total. The molecule has 2 amide bonds. The first-order chi connectivity index (χ1) is 15.6. The van der Waals surface area contributed by atoms with Crippen LogP contribution >= 0.6 is 0 Å². The zero-order valence-corrected chi connectivity index (χ0v) is 17.2. The molecule has 10 heteroatoms. The standard InChI is InChI=1S/C22H21N7O3/c30-18-10-12(20(31)26-18)9-13-11-23-29-19(13)27-21(28-22(29)24-14-5-6-14)25-16-7-8-32-17-4-2-1-3-15(16)17/h1-4,9,11,14,16H,5-8,10H2,(H,26,30,31)(H2,24,25,27,28)/b12-9+. The molecule has 10 nitrogen and oxygen atoms in total. The van der Waals surface area contributed by atoms with Gasteiger partial charge in [-0.2, -0.15) is 19.6 Å². The number of amides is 2. The molecule has 2 aromatic heterocycles. The Balaban J connectivity index is 1.40. The van der Waals surface area contributed by atoms with Crippen LogP contribution in [0.25, 0.3) is 11.7 Å². The SMILES string of the molecule is O=C1C/C(=C\c2cnn3c(NC4CC4)nc(NC4CCOc5ccccc54)nc23)C(=O)N1. The van der Waals surface area contributed by atoms with E-state index in [1.165, 1.54) is 0 Å². The highest BCUT2D eigenvalue weighted by molar-refractivity contribution is 6.15. The number of ether oxygens (including phenoxy) is 1. The molecule has 32 heavy (non-hydrogen) atoms. The number of hydrogen-bond acceptors (Lipinski definition) is 8. The Kier molecular flexibility index (Phi) is 4.30. The van der Waals surface area contributed by atoms with Gasteiger partial charge in [-0.3, -0.25) is 14.9 Å². The molecule has 1 unspecified atom stereocenters. The Morgan fingerprint density at radius 1 is 1.12 bits per heavy atom. The van der Waals surface area contributed by atoms with Crippen LogP contribution in [-0.4, -0.2) is 44.0 Å². The van der Waals surface area contributed by atoms with Gasteiger partial charge in [0.25, 0.3) is 5.91 Å². The van der Waals surface area contributed by atoms with Gasteiger partial charge in [0, 0.05) is 29.2 Å². The minimum Gasteiger partial charge on any atom is -0.493 e. The van der Waals surface area contributed by atoms with Gasteiger partial charge in [0.05, 0.1) is 25.3 Å². The predicted octanol–water partition coefficient (Wildman–Crippen LogP) is 2.06. The first kappa shape index (κ1) is 18.8. The Hall–Kier alpha value is -3.95. The normalized spacial score (nSPS) is 21.4. The van der Waals surface area contributed by atoms with Gasteiger partial charge in [-0.15, -0.1) is 0 Å². The molecule has 162 valence electrons. The molecular formula is C22H21N7O3. The molecule has 1 aromatic carbocycles. The number of hydrogen-bond donors (Lipinski definition) is 3. The summed E-state index contributed by atoms with van der Waals surface area (Å²) in [6.45, 7) is 0.608. The summed E-state index contributed by atoms with van der Waals surface area (Å²) in [6.07, 6.45) is 6.32. The summed E-state index contributed by atoms with van der Waals surface area (Å²) in [5, 5.41) is 13.6. The third-order valence-corrected chi connectivity index (χ3v) is 5.79. The number of carbonyl (C=O) groups is 2. The van der Waals surface area contributed by atoms with E-state index in [2.05, 4.69) is 21.0 Å². The fourth-order valence-electron chi connectivity index (χ4n) is 4.02. The smallest absolute Gasteiger partial charge is 0.254 e. The van der Waals surface area contributed by atoms with Crippen molar-refractivity contribution in [1.82, 2.24) is 24.9 Å². The maximum Gasteiger partial charge on any atom is 0.254 e. The average molecular weight is 431 g/mol. The van der Waals surface area contributed by atoms with Gasteiger partial charge in [-0.05, 0) is 25.0 Å². The summed E-state index contributed by atoms with van der Waals surface area (Å²) < 4.78 is 7.41. The van der Waals surface area contributed by atoms with Gasteiger partial charge in [0.1, 0.15) is 5.75 Å². The summed E-state index contributed by atoms with van der Waals surface area (Å²) in [7, 11) is 0. The van der Waals surface area contributed by atoms with E-state index in [4.69, 9.17) is 14.7 Å². The van der Waals surface area contributed by atoms with Crippen molar-refractivity contribution in [3.05, 3.63) is 47.2 Å². The lowest BCUT2D eigenvalue weighted by atomic mass is 10.0. The van der Waals surface area contributed by atoms with Crippen LogP contribution in [0.1, 0.15) is 42.9 Å². The van der Waals surface area contributed by atoms with Gasteiger partial charge < -0.3 is 15.4 Å². The summed E-state index contributed by atoms with van der Waals surface area (Å²) >= 11 is 0. The lowest BCUT2D eigenvalue weighted by Crippen LogP contribution is -2.22. The first-order valence-corrected chi connectivity index (χ1v) is 10.7. The van der Waals surface area contributed by atoms with E-state index in [9.17, 15) is 9.59 Å². The number of fused-ring (bicyclic) bond motifs is 2. The van der Waals surface area contributed by atoms with Crippen LogP contribution in [0.3, 0.4) is 0 Å². The third kappa shape index (κ3) is 3.43. The van der Waals surface area contributed by atoms with Crippen molar-refractivity contribution in [3.63, 3.8) is 0 Å². The molecule has 0 radical (unpaired) electrons. The monoisotopic (exact) mass is 431 g/mol. The number of imide groups is 1. The lowest BCUT2D eigenvalue weighted by molar-refractivity contribution is -0.124. The van der Waals surface area contributed by atoms with Crippen molar-refractivity contribution in [1.29, 1.82) is 0 Å². The number of para-hydroxylation sites is 1. The molecule has 3 aliphatic rings. The summed E-state index contributed by atoms with van der Waals surface area (Å²) in [5.41, 5.74) is 2.68. The van der Waals surface area contributed by atoms with E-state index >= 15 is 0 Å². The van der Waals surface area contributed by atoms with E-state index in [1.54, 1.807) is 16.8 Å². The van der Waals surface area contributed by atoms with Crippen LogP contribution in [-0.2, 0) is 9.59 Å². The zero-order chi connectivity index (χ0) is 21.7. The summed E-state index contributed by atoms with van der Waals surface area (Å²) in [5.74, 6) is 1.24. The molecule has 6 rings (SSSR count). The minimum atomic E-state index is -0.378. The number of benzene rings is 1. The number of rotatable bonds is 5. The maximum absolute atomic E-state index is 12.0. The van der Waals surface area contributed by atoms with Gasteiger partial charge in [-0.25, -0.2) is 0 Å². The summed E-state index contributed by atoms with van der Waals surface area (Å²) in [4.78, 5) is 33.0. The molecule has 1 aliphatic carbocycles. The highest BCUT2D eigenvalue weighted by Crippen LogP contribution is 2.34. The second-order valence-electron chi connectivity index (χ2n) is 8.22. The van der Waals surface area contributed by atoms with Crippen LogP contribution in [0.4, 0.5) is 11.9 Å². The van der Waals surface area contributed by atoms with E-state index in [1.807, 2.05) is 24.3 Å². The van der Waals surface area contributed by atoms with Gasteiger partial charge >= 0.3 is 0 Å². The van der Waals surface area contributed by atoms with E-state index in [0.29, 0.717) is 41.3 Å². The van der Waals surface area contributed by atoms with E-state index < -0.39 is 0 Å². The van der Waals surface area contributed by atoms with Crippen molar-refractivity contribution in [2.75, 3.05) is 17.2 Å². The van der Waals surface area contributed by atoms with Crippen molar-refractivity contribution >= 4 is 35.4 Å². The third-order valence-electron chi connectivity index (χ3n) is 5.79. The quantitative estimate of drug-likeness (QED) is 0.415. The van der Waals surface area contributed by atoms with Crippen molar-refractivity contribution in [2.45, 2.75) is 37.8 Å². The highest BCUT2D eigenvalue weighted by Gasteiger charge is 2.27. The average Bonchev–Trinajstić information content (AvgIpc) is 3.42. The number of nitrogens with one attached hydrogen (secondary N) is 3. The number of aromatic nitrogens is 4. The first-order valence-electron chi connectivity index (χ1n) is 10.7. The molecule has 2 aliphatic heterocycles. The number of nitrogens with zero attached hydrogens (tertiary/aromatic N) is 4. The lowest BCUT2D eigenvalue weighted by Gasteiger charge is -2.26. The predicted molar refractivity (Wildman–Crippen MR) is 116 cm³/mol. The van der Waals surface area contributed by atoms with Crippen molar-refractivity contribution < 1.29 is 14.3 Å². The van der Waals surface area contributed by atoms with Crippen LogP contribution in [0.2, 0.25) is 0 Å². The van der Waals surface area contributed by atoms with Crippen molar-refractivity contribution in [3.8, 4) is 5.75 Å². The molecule has 2 fully saturated rings. The van der Waals surface area contributed by atoms with Gasteiger partial charge in [-0.1, -0.05) is 18.2 Å². The Labute approximate surface area is 183 Å². The Morgan fingerprint density at radius 3 is 2.81 bits per heavy atom. The van der Waals surface area contributed by atoms with Crippen molar-refractivity contribution in [2.24, 2.45) is 0 Å². The fourth-order valence-corrected chi connectivity index (χ4v) is 4.02. The molecule has 4 heterocycles. The van der Waals surface area contributed by atoms with Crippen LogP contribution < -0.4 is 20.7 Å². The Bertz CT molecular complexity index is 1280. The van der Waals surface area contributed by atoms with Gasteiger partial charge in [0.2, 0.25) is 17.8 Å². The molecule has 0 bridgehead atoms. The molecule has 3 aromatic rings.